The normalized spacial score (nSPS) is 29.9. The molecule has 0 spiro atoms. The molecule has 25 heavy (non-hydrogen) atoms. The van der Waals surface area contributed by atoms with Crippen molar-refractivity contribution in [2.75, 3.05) is 7.11 Å². The third kappa shape index (κ3) is 6.97. The van der Waals surface area contributed by atoms with Gasteiger partial charge in [-0.2, -0.15) is 11.8 Å². The van der Waals surface area contributed by atoms with E-state index in [1.54, 1.807) is 0 Å². The van der Waals surface area contributed by atoms with Crippen LogP contribution in [0.3, 0.4) is 0 Å². The Morgan fingerprint density at radius 3 is 2.88 bits per heavy atom. The molecular weight excluding hydrogens is 332 g/mol. The molecule has 1 N–H and O–H groups in total. The number of carbonyl (C=O) groups excluding carboxylic acids is 1. The number of methoxy groups -OCH3 is 1. The first kappa shape index (κ1) is 20.8. The third-order valence-electron chi connectivity index (χ3n) is 5.78. The van der Waals surface area contributed by atoms with Gasteiger partial charge in [-0.15, -0.1) is 0 Å². The number of thioether (sulfide) groups is 1. The Hall–Kier alpha value is -0.480. The van der Waals surface area contributed by atoms with Crippen molar-refractivity contribution in [2.24, 2.45) is 11.8 Å². The lowest BCUT2D eigenvalue weighted by molar-refractivity contribution is -0.140. The smallest absolute Gasteiger partial charge is 0.305 e. The molecule has 1 heterocycles. The maximum Gasteiger partial charge on any atom is 0.305 e. The van der Waals surface area contributed by atoms with Crippen LogP contribution in [0.4, 0.5) is 0 Å². The maximum absolute atomic E-state index is 11.2. The lowest BCUT2D eigenvalue weighted by Gasteiger charge is -2.15. The minimum atomic E-state index is -0.256. The summed E-state index contributed by atoms with van der Waals surface area (Å²) in [5, 5.41) is 11.7. The fourth-order valence-corrected chi connectivity index (χ4v) is 6.22. The zero-order valence-electron chi connectivity index (χ0n) is 16.0. The molecule has 0 aromatic carbocycles. The zero-order valence-corrected chi connectivity index (χ0v) is 16.8. The second-order valence-corrected chi connectivity index (χ2v) is 9.25. The highest BCUT2D eigenvalue weighted by Gasteiger charge is 2.42. The summed E-state index contributed by atoms with van der Waals surface area (Å²) in [4.78, 5) is 11.2. The summed E-state index contributed by atoms with van der Waals surface area (Å²) >= 11 is 2.19. The van der Waals surface area contributed by atoms with Crippen LogP contribution >= 0.6 is 11.8 Å². The molecule has 2 fully saturated rings. The van der Waals surface area contributed by atoms with Gasteiger partial charge >= 0.3 is 5.97 Å². The first-order valence-corrected chi connectivity index (χ1v) is 11.2. The predicted molar refractivity (Wildman–Crippen MR) is 106 cm³/mol. The number of allylic oxidation sites excluding steroid dienone is 1. The van der Waals surface area contributed by atoms with Gasteiger partial charge in [-0.1, -0.05) is 44.8 Å². The molecule has 144 valence electrons. The van der Waals surface area contributed by atoms with Crippen LogP contribution in [0.2, 0.25) is 0 Å². The van der Waals surface area contributed by atoms with Gasteiger partial charge in [0.25, 0.3) is 0 Å². The topological polar surface area (TPSA) is 46.5 Å². The Balaban J connectivity index is 1.67. The Morgan fingerprint density at radius 2 is 2.12 bits per heavy atom. The van der Waals surface area contributed by atoms with E-state index in [9.17, 15) is 9.90 Å². The van der Waals surface area contributed by atoms with E-state index in [1.165, 1.54) is 45.6 Å². The number of aliphatic hydroxyl groups excluding tert-OH is 1. The van der Waals surface area contributed by atoms with Crippen LogP contribution in [-0.4, -0.2) is 34.8 Å². The van der Waals surface area contributed by atoms with E-state index < -0.39 is 0 Å². The summed E-state index contributed by atoms with van der Waals surface area (Å²) in [5.41, 5.74) is 0. The van der Waals surface area contributed by atoms with Crippen LogP contribution < -0.4 is 0 Å². The number of ether oxygens (including phenoxy) is 1. The minimum Gasteiger partial charge on any atom is -0.469 e. The molecule has 1 aliphatic heterocycles. The zero-order chi connectivity index (χ0) is 18.1. The van der Waals surface area contributed by atoms with Crippen molar-refractivity contribution in [1.82, 2.24) is 0 Å². The average molecular weight is 369 g/mol. The number of unbranched alkanes of at least 4 members (excludes halogenated alkanes) is 3. The molecule has 1 saturated heterocycles. The summed E-state index contributed by atoms with van der Waals surface area (Å²) in [5.74, 6) is 1.38. The van der Waals surface area contributed by atoms with E-state index in [2.05, 4.69) is 30.8 Å². The molecule has 3 nitrogen and oxygen atoms in total. The molecule has 0 bridgehead atoms. The van der Waals surface area contributed by atoms with Crippen molar-refractivity contribution in [1.29, 1.82) is 0 Å². The number of fused-ring (bicyclic) bond motifs is 1. The fraction of sp³-hybridized carbons (Fsp3) is 0.857. The van der Waals surface area contributed by atoms with E-state index >= 15 is 0 Å². The fourth-order valence-electron chi connectivity index (χ4n) is 4.30. The molecule has 1 unspecified atom stereocenters. The van der Waals surface area contributed by atoms with Gasteiger partial charge in [-0.3, -0.25) is 4.79 Å². The molecule has 1 aliphatic carbocycles. The average Bonchev–Trinajstić information content (AvgIpc) is 3.17. The summed E-state index contributed by atoms with van der Waals surface area (Å²) in [7, 11) is 1.46. The number of esters is 1. The number of hydrogen-bond donors (Lipinski definition) is 1. The van der Waals surface area contributed by atoms with Crippen molar-refractivity contribution in [3.8, 4) is 0 Å². The predicted octanol–water partition coefficient (Wildman–Crippen LogP) is 5.12. The standard InChI is InChI=1S/C21H36O3S/c1-3-4-5-8-17(22)13-11-16-12-14-20-19(16)15-18(25-20)9-6-7-10-21(23)24-2/h11,13,16-20,22H,3-10,12,14-15H2,1-2H3/b13-11+/t16-,17-,18?,19+,20+/m0/s1. The van der Waals surface area contributed by atoms with Gasteiger partial charge in [-0.05, 0) is 50.4 Å². The third-order valence-corrected chi connectivity index (χ3v) is 7.53. The number of rotatable bonds is 11. The van der Waals surface area contributed by atoms with Crippen LogP contribution in [0.1, 0.15) is 77.6 Å². The number of hydrogen-bond acceptors (Lipinski definition) is 4. The number of carbonyl (C=O) groups is 1. The molecule has 5 atom stereocenters. The van der Waals surface area contributed by atoms with Gasteiger partial charge in [0.15, 0.2) is 0 Å². The lowest BCUT2D eigenvalue weighted by atomic mass is 9.89. The van der Waals surface area contributed by atoms with Crippen molar-refractivity contribution in [2.45, 2.75) is 94.2 Å². The van der Waals surface area contributed by atoms with Crippen LogP contribution in [-0.2, 0) is 9.53 Å². The van der Waals surface area contributed by atoms with Gasteiger partial charge in [0.2, 0.25) is 0 Å². The monoisotopic (exact) mass is 368 g/mol. The van der Waals surface area contributed by atoms with Gasteiger partial charge in [0.1, 0.15) is 0 Å². The summed E-state index contributed by atoms with van der Waals surface area (Å²) < 4.78 is 4.70. The Kier molecular flexibility index (Phi) is 9.40. The van der Waals surface area contributed by atoms with Crippen LogP contribution in [0.15, 0.2) is 12.2 Å². The molecule has 0 aromatic rings. The first-order valence-electron chi connectivity index (χ1n) is 10.2. The van der Waals surface area contributed by atoms with E-state index in [4.69, 9.17) is 4.74 Å². The second-order valence-electron chi connectivity index (χ2n) is 7.71. The molecule has 0 radical (unpaired) electrons. The van der Waals surface area contributed by atoms with Crippen LogP contribution in [0, 0.1) is 11.8 Å². The lowest BCUT2D eigenvalue weighted by Crippen LogP contribution is -2.12. The highest BCUT2D eigenvalue weighted by Crippen LogP contribution is 2.52. The van der Waals surface area contributed by atoms with Crippen LogP contribution in [0.5, 0.6) is 0 Å². The van der Waals surface area contributed by atoms with Gasteiger partial charge in [-0.25, -0.2) is 0 Å². The highest BCUT2D eigenvalue weighted by molar-refractivity contribution is 8.00. The van der Waals surface area contributed by atoms with Crippen molar-refractivity contribution in [3.05, 3.63) is 12.2 Å². The van der Waals surface area contributed by atoms with E-state index in [0.29, 0.717) is 12.3 Å². The summed E-state index contributed by atoms with van der Waals surface area (Å²) in [6, 6.07) is 0. The molecular formula is C21H36O3S. The largest absolute Gasteiger partial charge is 0.469 e. The van der Waals surface area contributed by atoms with E-state index in [-0.39, 0.29) is 12.1 Å². The molecule has 0 amide bonds. The molecule has 2 rings (SSSR count). The summed E-state index contributed by atoms with van der Waals surface area (Å²) in [6.07, 6.45) is 16.4. The summed E-state index contributed by atoms with van der Waals surface area (Å²) in [6.45, 7) is 2.20. The Labute approximate surface area is 158 Å². The molecule has 1 saturated carbocycles. The highest BCUT2D eigenvalue weighted by atomic mass is 32.2. The van der Waals surface area contributed by atoms with Crippen molar-refractivity contribution >= 4 is 17.7 Å². The molecule has 0 aromatic heterocycles. The van der Waals surface area contributed by atoms with E-state index in [1.807, 2.05) is 0 Å². The van der Waals surface area contributed by atoms with Crippen molar-refractivity contribution in [3.63, 3.8) is 0 Å². The SMILES string of the molecule is CCCCC[C@H](O)/C=C/[C@H]1CC[C@H]2SC(CCCCC(=O)OC)C[C@H]12. The molecule has 4 heteroatoms. The van der Waals surface area contributed by atoms with Crippen molar-refractivity contribution < 1.29 is 14.6 Å². The second kappa shape index (κ2) is 11.3. The Bertz CT molecular complexity index is 423. The Morgan fingerprint density at radius 1 is 1.28 bits per heavy atom. The van der Waals surface area contributed by atoms with Gasteiger partial charge in [0, 0.05) is 16.9 Å². The number of aliphatic hydroxyl groups is 1. The maximum atomic E-state index is 11.2. The molecule has 2 aliphatic rings. The first-order chi connectivity index (χ1) is 12.1. The van der Waals surface area contributed by atoms with Gasteiger partial charge in [0.05, 0.1) is 13.2 Å². The quantitative estimate of drug-likeness (QED) is 0.312. The van der Waals surface area contributed by atoms with Crippen LogP contribution in [0.25, 0.3) is 0 Å². The minimum absolute atomic E-state index is 0.0846. The van der Waals surface area contributed by atoms with E-state index in [0.717, 1.165) is 42.1 Å². The van der Waals surface area contributed by atoms with Gasteiger partial charge < -0.3 is 9.84 Å².